The SMILES string of the molecule is N#Cc1ccc(-c2c3ccc([nH]3)c(-c3ccccc3)c3nc(c4ccc([nH]4)c(-c4ccccc4)c4ccc2[nH]4)C=C3)cc1. The van der Waals surface area contributed by atoms with Gasteiger partial charge in [0.1, 0.15) is 0 Å². The fourth-order valence-electron chi connectivity index (χ4n) is 5.99. The fourth-order valence-corrected chi connectivity index (χ4v) is 5.99. The number of hydrogen-bond donors (Lipinski definition) is 3. The molecule has 8 bridgehead atoms. The van der Waals surface area contributed by atoms with Gasteiger partial charge in [-0.05, 0) is 77.4 Å². The van der Waals surface area contributed by atoms with Crippen LogP contribution in [0.4, 0.5) is 0 Å². The zero-order valence-electron chi connectivity index (χ0n) is 23.1. The molecule has 8 rings (SSSR count). The Hall–Kier alpha value is -6.12. The first-order chi connectivity index (χ1) is 21.2. The highest BCUT2D eigenvalue weighted by Crippen LogP contribution is 2.35. The maximum Gasteiger partial charge on any atom is 0.0991 e. The lowest BCUT2D eigenvalue weighted by atomic mass is 10.0. The van der Waals surface area contributed by atoms with Crippen LogP contribution in [0.5, 0.6) is 0 Å². The van der Waals surface area contributed by atoms with Crippen LogP contribution in [0.2, 0.25) is 0 Å². The molecule has 0 aliphatic carbocycles. The largest absolute Gasteiger partial charge is 0.354 e. The Balaban J connectivity index is 1.56. The van der Waals surface area contributed by atoms with Crippen LogP contribution in [0, 0.1) is 11.3 Å². The molecule has 202 valence electrons. The van der Waals surface area contributed by atoms with E-state index in [1.54, 1.807) is 0 Å². The second-order valence-corrected chi connectivity index (χ2v) is 10.6. The molecule has 0 atom stereocenters. The molecular weight excluding hydrogens is 526 g/mol. The van der Waals surface area contributed by atoms with Crippen LogP contribution < -0.4 is 0 Å². The summed E-state index contributed by atoms with van der Waals surface area (Å²) in [5.74, 6) is 0. The lowest BCUT2D eigenvalue weighted by Gasteiger charge is -2.05. The molecule has 7 aromatic rings. The molecule has 0 fully saturated rings. The van der Waals surface area contributed by atoms with Crippen LogP contribution in [0.25, 0.3) is 78.6 Å². The Labute approximate surface area is 247 Å². The van der Waals surface area contributed by atoms with E-state index in [4.69, 9.17) is 4.98 Å². The standard InChI is InChI=1S/C38H25N5/c39-23-24-11-13-27(14-12-24)38-34-21-19-32(42-34)36(25-7-3-1-4-8-25)30-17-15-28(40-30)29-16-18-31(41-29)37(26-9-5-2-6-10-26)33-20-22-35(38)43-33/h1-22,40,42-43H. The molecule has 1 aliphatic heterocycles. The molecule has 1 aliphatic rings. The van der Waals surface area contributed by atoms with Gasteiger partial charge in [0.05, 0.1) is 28.5 Å². The molecule has 5 heterocycles. The van der Waals surface area contributed by atoms with Gasteiger partial charge < -0.3 is 15.0 Å². The molecule has 4 aromatic heterocycles. The van der Waals surface area contributed by atoms with Crippen molar-refractivity contribution in [3.8, 4) is 39.4 Å². The Bertz CT molecular complexity index is 2330. The van der Waals surface area contributed by atoms with Gasteiger partial charge in [-0.2, -0.15) is 5.26 Å². The van der Waals surface area contributed by atoms with Gasteiger partial charge in [-0.15, -0.1) is 0 Å². The normalized spacial score (nSPS) is 11.6. The van der Waals surface area contributed by atoms with Crippen LogP contribution in [-0.4, -0.2) is 19.9 Å². The summed E-state index contributed by atoms with van der Waals surface area (Å²) in [6.07, 6.45) is 4.17. The van der Waals surface area contributed by atoms with Gasteiger partial charge in [0, 0.05) is 44.3 Å². The molecule has 0 saturated heterocycles. The van der Waals surface area contributed by atoms with Crippen molar-refractivity contribution in [3.63, 3.8) is 0 Å². The first-order valence-electron chi connectivity index (χ1n) is 14.2. The summed E-state index contributed by atoms with van der Waals surface area (Å²) in [6.45, 7) is 0. The number of nitriles is 1. The quantitative estimate of drug-likeness (QED) is 0.204. The third-order valence-corrected chi connectivity index (χ3v) is 8.00. The average Bonchev–Trinajstić information content (AvgIpc) is 3.88. The molecule has 0 radical (unpaired) electrons. The van der Waals surface area contributed by atoms with Crippen molar-refractivity contribution < 1.29 is 0 Å². The number of H-pyrrole nitrogens is 3. The predicted molar refractivity (Wildman–Crippen MR) is 176 cm³/mol. The smallest absolute Gasteiger partial charge is 0.0991 e. The molecule has 5 nitrogen and oxygen atoms in total. The molecule has 3 aromatic carbocycles. The number of nitrogens with one attached hydrogen (secondary N) is 3. The first-order valence-corrected chi connectivity index (χ1v) is 14.2. The Kier molecular flexibility index (Phi) is 5.77. The van der Waals surface area contributed by atoms with Crippen molar-refractivity contribution in [3.05, 3.63) is 138 Å². The van der Waals surface area contributed by atoms with E-state index in [1.165, 1.54) is 0 Å². The van der Waals surface area contributed by atoms with E-state index in [0.717, 1.165) is 77.9 Å². The maximum atomic E-state index is 9.45. The predicted octanol–water partition coefficient (Wildman–Crippen LogP) is 9.57. The molecule has 0 unspecified atom stereocenters. The van der Waals surface area contributed by atoms with Crippen molar-refractivity contribution in [1.29, 1.82) is 5.26 Å². The van der Waals surface area contributed by atoms with Gasteiger partial charge in [-0.1, -0.05) is 72.8 Å². The fraction of sp³-hybridized carbons (Fsp3) is 0. The minimum atomic E-state index is 0.626. The molecule has 43 heavy (non-hydrogen) atoms. The van der Waals surface area contributed by atoms with E-state index in [-0.39, 0.29) is 0 Å². The number of rotatable bonds is 3. The van der Waals surface area contributed by atoms with Gasteiger partial charge in [0.2, 0.25) is 0 Å². The van der Waals surface area contributed by atoms with Crippen molar-refractivity contribution in [2.24, 2.45) is 0 Å². The molecular formula is C38H25N5. The Morgan fingerprint density at radius 2 is 0.837 bits per heavy atom. The summed E-state index contributed by atoms with van der Waals surface area (Å²) in [6, 6.07) is 43.5. The summed E-state index contributed by atoms with van der Waals surface area (Å²) in [5.41, 5.74) is 14.6. The molecule has 5 heteroatoms. The van der Waals surface area contributed by atoms with E-state index in [2.05, 4.69) is 118 Å². The van der Waals surface area contributed by atoms with Crippen LogP contribution >= 0.6 is 0 Å². The summed E-state index contributed by atoms with van der Waals surface area (Å²) in [4.78, 5) is 16.3. The zero-order chi connectivity index (χ0) is 28.8. The summed E-state index contributed by atoms with van der Waals surface area (Å²) in [7, 11) is 0. The number of hydrogen-bond acceptors (Lipinski definition) is 2. The summed E-state index contributed by atoms with van der Waals surface area (Å²) < 4.78 is 0. The third-order valence-electron chi connectivity index (χ3n) is 8.00. The molecule has 3 N–H and O–H groups in total. The maximum absolute atomic E-state index is 9.45. The van der Waals surface area contributed by atoms with Gasteiger partial charge in [0.25, 0.3) is 0 Å². The molecule has 0 saturated carbocycles. The number of nitrogens with zero attached hydrogens (tertiary/aromatic N) is 2. The zero-order valence-corrected chi connectivity index (χ0v) is 23.1. The monoisotopic (exact) mass is 551 g/mol. The number of fused-ring (bicyclic) bond motifs is 9. The highest BCUT2D eigenvalue weighted by atomic mass is 14.8. The minimum Gasteiger partial charge on any atom is -0.354 e. The highest BCUT2D eigenvalue weighted by Gasteiger charge is 2.15. The van der Waals surface area contributed by atoms with Crippen LogP contribution in [0.15, 0.2) is 121 Å². The van der Waals surface area contributed by atoms with Gasteiger partial charge in [-0.25, -0.2) is 4.98 Å². The van der Waals surface area contributed by atoms with E-state index < -0.39 is 0 Å². The number of aromatic amines is 3. The van der Waals surface area contributed by atoms with E-state index >= 15 is 0 Å². The Morgan fingerprint density at radius 3 is 1.37 bits per heavy atom. The second kappa shape index (κ2) is 10.1. The van der Waals surface area contributed by atoms with E-state index in [9.17, 15) is 5.26 Å². The van der Waals surface area contributed by atoms with Gasteiger partial charge in [0.15, 0.2) is 0 Å². The van der Waals surface area contributed by atoms with Crippen LogP contribution in [0.1, 0.15) is 17.0 Å². The van der Waals surface area contributed by atoms with E-state index in [0.29, 0.717) is 5.56 Å². The average molecular weight is 552 g/mol. The number of benzene rings is 3. The van der Waals surface area contributed by atoms with Crippen molar-refractivity contribution in [2.75, 3.05) is 0 Å². The first kappa shape index (κ1) is 24.7. The van der Waals surface area contributed by atoms with Gasteiger partial charge in [-0.3, -0.25) is 0 Å². The van der Waals surface area contributed by atoms with Crippen LogP contribution in [-0.2, 0) is 0 Å². The molecule has 0 spiro atoms. The second-order valence-electron chi connectivity index (χ2n) is 10.6. The van der Waals surface area contributed by atoms with Crippen molar-refractivity contribution in [2.45, 2.75) is 0 Å². The van der Waals surface area contributed by atoms with Crippen LogP contribution in [0.3, 0.4) is 0 Å². The van der Waals surface area contributed by atoms with E-state index in [1.807, 2.05) is 36.4 Å². The van der Waals surface area contributed by atoms with Crippen molar-refractivity contribution in [1.82, 2.24) is 19.9 Å². The third kappa shape index (κ3) is 4.30. The highest BCUT2D eigenvalue weighted by molar-refractivity contribution is 6.00. The summed E-state index contributed by atoms with van der Waals surface area (Å²) in [5, 5.41) is 9.45. The van der Waals surface area contributed by atoms with Gasteiger partial charge >= 0.3 is 0 Å². The number of aromatic nitrogens is 4. The Morgan fingerprint density at radius 1 is 0.419 bits per heavy atom. The van der Waals surface area contributed by atoms with Crippen molar-refractivity contribution >= 4 is 45.3 Å². The minimum absolute atomic E-state index is 0.626. The molecule has 0 amide bonds. The lowest BCUT2D eigenvalue weighted by Crippen LogP contribution is -1.86. The lowest BCUT2D eigenvalue weighted by molar-refractivity contribution is 1.32. The topological polar surface area (TPSA) is 84.0 Å². The summed E-state index contributed by atoms with van der Waals surface area (Å²) >= 11 is 0.